The van der Waals surface area contributed by atoms with Gasteiger partial charge in [-0.15, -0.1) is 0 Å². The van der Waals surface area contributed by atoms with Gasteiger partial charge in [-0.05, 0) is 6.07 Å². The van der Waals surface area contributed by atoms with Gasteiger partial charge in [0.1, 0.15) is 11.7 Å². The van der Waals surface area contributed by atoms with Crippen LogP contribution in [0.3, 0.4) is 0 Å². The Morgan fingerprint density at radius 1 is 1.43 bits per heavy atom. The van der Waals surface area contributed by atoms with Crippen molar-refractivity contribution < 1.29 is 9.34 Å². The SMILES string of the molecule is N#Cc1cc2ccc([N+](=O)[O-])cc2o1. The van der Waals surface area contributed by atoms with Crippen LogP contribution in [0.1, 0.15) is 5.76 Å². The first kappa shape index (κ1) is 8.26. The lowest BCUT2D eigenvalue weighted by Gasteiger charge is -1.89. The molecule has 1 heterocycles. The van der Waals surface area contributed by atoms with Crippen LogP contribution in [-0.2, 0) is 0 Å². The zero-order valence-corrected chi connectivity index (χ0v) is 6.93. The Labute approximate surface area is 78.3 Å². The minimum Gasteiger partial charge on any atom is -0.445 e. The van der Waals surface area contributed by atoms with Crippen molar-refractivity contribution in [2.75, 3.05) is 0 Å². The van der Waals surface area contributed by atoms with Gasteiger partial charge in [0, 0.05) is 17.5 Å². The van der Waals surface area contributed by atoms with Gasteiger partial charge in [-0.3, -0.25) is 10.1 Å². The van der Waals surface area contributed by atoms with E-state index in [0.717, 1.165) is 0 Å². The normalized spacial score (nSPS) is 9.93. The van der Waals surface area contributed by atoms with E-state index in [4.69, 9.17) is 9.68 Å². The van der Waals surface area contributed by atoms with Crippen LogP contribution < -0.4 is 0 Å². The summed E-state index contributed by atoms with van der Waals surface area (Å²) in [7, 11) is 0. The number of nitro benzene ring substituents is 1. The summed E-state index contributed by atoms with van der Waals surface area (Å²) in [5, 5.41) is 19.6. The minimum atomic E-state index is -0.506. The fourth-order valence-electron chi connectivity index (χ4n) is 1.19. The van der Waals surface area contributed by atoms with Crippen LogP contribution in [0.25, 0.3) is 11.0 Å². The predicted octanol–water partition coefficient (Wildman–Crippen LogP) is 2.21. The number of nitrogens with zero attached hydrogens (tertiary/aromatic N) is 2. The van der Waals surface area contributed by atoms with E-state index in [2.05, 4.69) is 0 Å². The van der Waals surface area contributed by atoms with Gasteiger partial charge in [-0.2, -0.15) is 5.26 Å². The highest BCUT2D eigenvalue weighted by Crippen LogP contribution is 2.23. The topological polar surface area (TPSA) is 80.1 Å². The molecule has 1 aromatic heterocycles. The Bertz CT molecular complexity index is 551. The second kappa shape index (κ2) is 2.85. The zero-order chi connectivity index (χ0) is 10.1. The number of hydrogen-bond donors (Lipinski definition) is 0. The van der Waals surface area contributed by atoms with Crippen molar-refractivity contribution in [3.8, 4) is 6.07 Å². The first-order chi connectivity index (χ1) is 6.70. The number of nitro groups is 1. The molecule has 0 N–H and O–H groups in total. The van der Waals surface area contributed by atoms with Crippen LogP contribution in [0.5, 0.6) is 0 Å². The number of non-ortho nitro benzene ring substituents is 1. The fraction of sp³-hybridized carbons (Fsp3) is 0. The van der Waals surface area contributed by atoms with Crippen LogP contribution in [-0.4, -0.2) is 4.92 Å². The van der Waals surface area contributed by atoms with Gasteiger partial charge in [-0.1, -0.05) is 0 Å². The smallest absolute Gasteiger partial charge is 0.273 e. The third-order valence-corrected chi connectivity index (χ3v) is 1.82. The van der Waals surface area contributed by atoms with Gasteiger partial charge >= 0.3 is 0 Å². The highest BCUT2D eigenvalue weighted by atomic mass is 16.6. The van der Waals surface area contributed by atoms with Crippen LogP contribution in [0.15, 0.2) is 28.7 Å². The molecule has 0 aliphatic heterocycles. The average Bonchev–Trinajstić information content (AvgIpc) is 2.58. The number of hydrogen-bond acceptors (Lipinski definition) is 4. The second-order valence-electron chi connectivity index (χ2n) is 2.70. The highest BCUT2D eigenvalue weighted by molar-refractivity contribution is 5.80. The van der Waals surface area contributed by atoms with Crippen molar-refractivity contribution in [2.24, 2.45) is 0 Å². The molecule has 68 valence electrons. The molecule has 2 rings (SSSR count). The molecule has 0 amide bonds. The summed E-state index contributed by atoms with van der Waals surface area (Å²) in [4.78, 5) is 9.91. The van der Waals surface area contributed by atoms with Crippen molar-refractivity contribution in [3.63, 3.8) is 0 Å². The third-order valence-electron chi connectivity index (χ3n) is 1.82. The Hall–Kier alpha value is -2.35. The lowest BCUT2D eigenvalue weighted by atomic mass is 10.2. The zero-order valence-electron chi connectivity index (χ0n) is 6.93. The van der Waals surface area contributed by atoms with Crippen molar-refractivity contribution in [2.45, 2.75) is 0 Å². The van der Waals surface area contributed by atoms with E-state index < -0.39 is 4.92 Å². The molecule has 0 unspecified atom stereocenters. The molecule has 5 nitrogen and oxygen atoms in total. The Morgan fingerprint density at radius 2 is 2.21 bits per heavy atom. The molecule has 14 heavy (non-hydrogen) atoms. The van der Waals surface area contributed by atoms with Gasteiger partial charge in [0.15, 0.2) is 0 Å². The van der Waals surface area contributed by atoms with E-state index in [1.165, 1.54) is 12.1 Å². The Morgan fingerprint density at radius 3 is 2.86 bits per heavy atom. The van der Waals surface area contributed by atoms with E-state index >= 15 is 0 Å². The molecule has 0 saturated heterocycles. The summed E-state index contributed by atoms with van der Waals surface area (Å²) in [5.41, 5.74) is 0.312. The maximum Gasteiger partial charge on any atom is 0.273 e. The number of rotatable bonds is 1. The van der Waals surface area contributed by atoms with Gasteiger partial charge < -0.3 is 4.42 Å². The van der Waals surface area contributed by atoms with Crippen LogP contribution in [0.2, 0.25) is 0 Å². The van der Waals surface area contributed by atoms with Crippen LogP contribution >= 0.6 is 0 Å². The number of benzene rings is 1. The van der Waals surface area contributed by atoms with Gasteiger partial charge in [-0.25, -0.2) is 0 Å². The first-order valence-electron chi connectivity index (χ1n) is 3.79. The summed E-state index contributed by atoms with van der Waals surface area (Å²) in [5.74, 6) is 0.153. The fourth-order valence-corrected chi connectivity index (χ4v) is 1.19. The quantitative estimate of drug-likeness (QED) is 0.507. The molecule has 2 aromatic rings. The highest BCUT2D eigenvalue weighted by Gasteiger charge is 2.09. The average molecular weight is 188 g/mol. The molecule has 0 radical (unpaired) electrons. The maximum atomic E-state index is 10.4. The molecular weight excluding hydrogens is 184 g/mol. The molecule has 5 heteroatoms. The molecule has 0 aliphatic carbocycles. The molecule has 0 saturated carbocycles. The maximum absolute atomic E-state index is 10.4. The van der Waals surface area contributed by atoms with E-state index in [1.807, 2.05) is 6.07 Å². The predicted molar refractivity (Wildman–Crippen MR) is 47.6 cm³/mol. The monoisotopic (exact) mass is 188 g/mol. The van der Waals surface area contributed by atoms with E-state index in [1.54, 1.807) is 12.1 Å². The lowest BCUT2D eigenvalue weighted by Crippen LogP contribution is -1.85. The number of fused-ring (bicyclic) bond motifs is 1. The van der Waals surface area contributed by atoms with E-state index in [9.17, 15) is 10.1 Å². The Kier molecular flexibility index (Phi) is 1.68. The molecular formula is C9H4N2O3. The van der Waals surface area contributed by atoms with Gasteiger partial charge in [0.25, 0.3) is 5.69 Å². The van der Waals surface area contributed by atoms with Crippen molar-refractivity contribution in [1.29, 1.82) is 5.26 Å². The molecule has 0 spiro atoms. The summed E-state index contributed by atoms with van der Waals surface area (Å²) < 4.78 is 5.04. The van der Waals surface area contributed by atoms with E-state index in [0.29, 0.717) is 11.0 Å². The van der Waals surface area contributed by atoms with E-state index in [-0.39, 0.29) is 11.4 Å². The summed E-state index contributed by atoms with van der Waals surface area (Å²) in [6.07, 6.45) is 0. The van der Waals surface area contributed by atoms with Crippen LogP contribution in [0.4, 0.5) is 5.69 Å². The second-order valence-corrected chi connectivity index (χ2v) is 2.70. The molecule has 0 bridgehead atoms. The Balaban J connectivity index is 2.66. The summed E-state index contributed by atoms with van der Waals surface area (Å²) in [6.45, 7) is 0. The largest absolute Gasteiger partial charge is 0.445 e. The molecule has 1 aromatic carbocycles. The van der Waals surface area contributed by atoms with Crippen molar-refractivity contribution >= 4 is 16.7 Å². The lowest BCUT2D eigenvalue weighted by molar-refractivity contribution is -0.384. The first-order valence-corrected chi connectivity index (χ1v) is 3.79. The molecule has 0 fully saturated rings. The third kappa shape index (κ3) is 1.19. The van der Waals surface area contributed by atoms with Crippen molar-refractivity contribution in [1.82, 2.24) is 0 Å². The van der Waals surface area contributed by atoms with Gasteiger partial charge in [0.2, 0.25) is 5.76 Å². The minimum absolute atomic E-state index is 0.0451. The number of furan rings is 1. The van der Waals surface area contributed by atoms with Crippen LogP contribution in [0, 0.1) is 21.4 Å². The molecule has 0 atom stereocenters. The summed E-state index contributed by atoms with van der Waals surface area (Å²) in [6, 6.07) is 7.60. The van der Waals surface area contributed by atoms with Crippen molar-refractivity contribution in [3.05, 3.63) is 40.1 Å². The van der Waals surface area contributed by atoms with Gasteiger partial charge in [0.05, 0.1) is 11.0 Å². The number of nitriles is 1. The summed E-state index contributed by atoms with van der Waals surface area (Å²) >= 11 is 0. The molecule has 0 aliphatic rings. The standard InChI is InChI=1S/C9H4N2O3/c10-5-8-3-6-1-2-7(11(12)13)4-9(6)14-8/h1-4H.